The summed E-state index contributed by atoms with van der Waals surface area (Å²) in [7, 11) is 0. The van der Waals surface area contributed by atoms with Gasteiger partial charge in [0.2, 0.25) is 0 Å². The lowest BCUT2D eigenvalue weighted by atomic mass is 10.0. The quantitative estimate of drug-likeness (QED) is 0.902. The van der Waals surface area contributed by atoms with Gasteiger partial charge in [-0.2, -0.15) is 0 Å². The molecule has 2 rings (SSSR count). The van der Waals surface area contributed by atoms with Gasteiger partial charge in [0, 0.05) is 11.0 Å². The Morgan fingerprint density at radius 3 is 2.76 bits per heavy atom. The lowest BCUT2D eigenvalue weighted by Crippen LogP contribution is -2.30. The monoisotopic (exact) mass is 295 g/mol. The van der Waals surface area contributed by atoms with Gasteiger partial charge in [0.1, 0.15) is 0 Å². The second kappa shape index (κ2) is 4.81. The van der Waals surface area contributed by atoms with Gasteiger partial charge in [-0.05, 0) is 59.7 Å². The molecular formula is C14H18BrNO. The van der Waals surface area contributed by atoms with E-state index in [1.165, 1.54) is 12.8 Å². The lowest BCUT2D eigenvalue weighted by molar-refractivity contribution is 0.0943. The molecule has 2 nitrogen and oxygen atoms in total. The van der Waals surface area contributed by atoms with Crippen molar-refractivity contribution >= 4 is 21.8 Å². The van der Waals surface area contributed by atoms with Gasteiger partial charge in [-0.1, -0.05) is 18.6 Å². The van der Waals surface area contributed by atoms with E-state index in [1.54, 1.807) is 0 Å². The van der Waals surface area contributed by atoms with Gasteiger partial charge < -0.3 is 5.32 Å². The molecule has 1 N–H and O–H groups in total. The third kappa shape index (κ3) is 2.89. The predicted octanol–water partition coefficient (Wildman–Crippen LogP) is 3.68. The third-order valence-corrected chi connectivity index (χ3v) is 4.39. The molecule has 3 heteroatoms. The van der Waals surface area contributed by atoms with Crippen LogP contribution in [0.2, 0.25) is 0 Å². The standard InChI is InChI=1S/C14H18BrNO/c1-3-14(6-7-14)9-16-13(17)11-8-10(2)4-5-12(11)15/h4-5,8H,3,6-7,9H2,1-2H3,(H,16,17). The van der Waals surface area contributed by atoms with Gasteiger partial charge >= 0.3 is 0 Å². The summed E-state index contributed by atoms with van der Waals surface area (Å²) in [5, 5.41) is 3.05. The minimum Gasteiger partial charge on any atom is -0.351 e. The molecule has 1 amide bonds. The van der Waals surface area contributed by atoms with Crippen molar-refractivity contribution in [3.8, 4) is 0 Å². The fraction of sp³-hybridized carbons (Fsp3) is 0.500. The molecule has 0 aromatic heterocycles. The van der Waals surface area contributed by atoms with Crippen molar-refractivity contribution < 1.29 is 4.79 Å². The van der Waals surface area contributed by atoms with Crippen LogP contribution in [0.25, 0.3) is 0 Å². The summed E-state index contributed by atoms with van der Waals surface area (Å²) in [5.41, 5.74) is 2.23. The molecule has 17 heavy (non-hydrogen) atoms. The van der Waals surface area contributed by atoms with Crippen molar-refractivity contribution in [3.63, 3.8) is 0 Å². The maximum atomic E-state index is 12.1. The number of hydrogen-bond donors (Lipinski definition) is 1. The number of amides is 1. The van der Waals surface area contributed by atoms with E-state index >= 15 is 0 Å². The van der Waals surface area contributed by atoms with Crippen molar-refractivity contribution in [1.29, 1.82) is 0 Å². The summed E-state index contributed by atoms with van der Waals surface area (Å²) in [5.74, 6) is 0.0281. The summed E-state index contributed by atoms with van der Waals surface area (Å²) in [6.45, 7) is 5.00. The molecule has 1 aromatic rings. The second-order valence-corrected chi connectivity index (χ2v) is 5.87. The Morgan fingerprint density at radius 1 is 1.47 bits per heavy atom. The molecule has 1 saturated carbocycles. The number of nitrogens with one attached hydrogen (secondary N) is 1. The topological polar surface area (TPSA) is 29.1 Å². The summed E-state index contributed by atoms with van der Waals surface area (Å²) in [6, 6.07) is 5.84. The van der Waals surface area contributed by atoms with Crippen LogP contribution >= 0.6 is 15.9 Å². The minimum absolute atomic E-state index is 0.0281. The van der Waals surface area contributed by atoms with Crippen molar-refractivity contribution in [2.75, 3.05) is 6.54 Å². The zero-order valence-electron chi connectivity index (χ0n) is 10.3. The van der Waals surface area contributed by atoms with Gasteiger partial charge in [-0.3, -0.25) is 4.79 Å². The average molecular weight is 296 g/mol. The minimum atomic E-state index is 0.0281. The SMILES string of the molecule is CCC1(CNC(=O)c2cc(C)ccc2Br)CC1. The molecular weight excluding hydrogens is 278 g/mol. The van der Waals surface area contributed by atoms with Crippen LogP contribution in [-0.4, -0.2) is 12.5 Å². The summed E-state index contributed by atoms with van der Waals surface area (Å²) < 4.78 is 0.863. The molecule has 0 heterocycles. The van der Waals surface area contributed by atoms with Gasteiger partial charge in [-0.25, -0.2) is 0 Å². The molecule has 1 aliphatic rings. The van der Waals surface area contributed by atoms with Crippen LogP contribution < -0.4 is 5.32 Å². The molecule has 0 bridgehead atoms. The van der Waals surface area contributed by atoms with Gasteiger partial charge in [-0.15, -0.1) is 0 Å². The smallest absolute Gasteiger partial charge is 0.252 e. The van der Waals surface area contributed by atoms with Crippen LogP contribution in [0.3, 0.4) is 0 Å². The van der Waals surface area contributed by atoms with E-state index < -0.39 is 0 Å². The summed E-state index contributed by atoms with van der Waals surface area (Å²) >= 11 is 3.42. The van der Waals surface area contributed by atoms with Crippen molar-refractivity contribution in [2.24, 2.45) is 5.41 Å². The fourth-order valence-electron chi connectivity index (χ4n) is 2.01. The highest BCUT2D eigenvalue weighted by molar-refractivity contribution is 9.10. The van der Waals surface area contributed by atoms with Crippen LogP contribution in [0.15, 0.2) is 22.7 Å². The van der Waals surface area contributed by atoms with Gasteiger partial charge in [0.25, 0.3) is 5.91 Å². The first-order valence-corrected chi connectivity index (χ1v) is 6.90. The fourth-order valence-corrected chi connectivity index (χ4v) is 2.43. The molecule has 92 valence electrons. The predicted molar refractivity (Wildman–Crippen MR) is 73.2 cm³/mol. The molecule has 1 aromatic carbocycles. The summed E-state index contributed by atoms with van der Waals surface area (Å²) in [4.78, 5) is 12.1. The lowest BCUT2D eigenvalue weighted by Gasteiger charge is -2.14. The van der Waals surface area contributed by atoms with Gasteiger partial charge in [0.15, 0.2) is 0 Å². The second-order valence-electron chi connectivity index (χ2n) is 5.02. The maximum absolute atomic E-state index is 12.1. The number of halogens is 1. The Morgan fingerprint density at radius 2 is 2.18 bits per heavy atom. The Balaban J connectivity index is 2.02. The van der Waals surface area contributed by atoms with E-state index in [4.69, 9.17) is 0 Å². The molecule has 0 spiro atoms. The number of rotatable bonds is 4. The first-order valence-electron chi connectivity index (χ1n) is 6.11. The normalized spacial score (nSPS) is 16.6. The number of carbonyl (C=O) groups is 1. The number of hydrogen-bond acceptors (Lipinski definition) is 1. The molecule has 0 aliphatic heterocycles. The molecule has 1 aliphatic carbocycles. The third-order valence-electron chi connectivity index (χ3n) is 3.70. The highest BCUT2D eigenvalue weighted by Crippen LogP contribution is 2.47. The largest absolute Gasteiger partial charge is 0.351 e. The van der Waals surface area contributed by atoms with Gasteiger partial charge in [0.05, 0.1) is 5.56 Å². The Bertz CT molecular complexity index is 438. The maximum Gasteiger partial charge on any atom is 0.252 e. The van der Waals surface area contributed by atoms with Crippen LogP contribution in [0, 0.1) is 12.3 Å². The van der Waals surface area contributed by atoms with Crippen LogP contribution in [0.4, 0.5) is 0 Å². The highest BCUT2D eigenvalue weighted by Gasteiger charge is 2.40. The first kappa shape index (κ1) is 12.6. The van der Waals surface area contributed by atoms with E-state index in [2.05, 4.69) is 28.2 Å². The summed E-state index contributed by atoms with van der Waals surface area (Å²) in [6.07, 6.45) is 3.65. The average Bonchev–Trinajstić information content (AvgIpc) is 3.10. The van der Waals surface area contributed by atoms with E-state index in [-0.39, 0.29) is 5.91 Å². The van der Waals surface area contributed by atoms with E-state index in [1.807, 2.05) is 25.1 Å². The Kier molecular flexibility index (Phi) is 3.57. The van der Waals surface area contributed by atoms with Crippen LogP contribution in [0.1, 0.15) is 42.1 Å². The molecule has 0 radical (unpaired) electrons. The van der Waals surface area contributed by atoms with Crippen molar-refractivity contribution in [1.82, 2.24) is 5.32 Å². The molecule has 0 saturated heterocycles. The highest BCUT2D eigenvalue weighted by atomic mass is 79.9. The van der Waals surface area contributed by atoms with E-state index in [0.29, 0.717) is 5.41 Å². The zero-order valence-corrected chi connectivity index (χ0v) is 11.9. The van der Waals surface area contributed by atoms with E-state index in [0.717, 1.165) is 28.6 Å². The Labute approximate surface area is 111 Å². The number of aryl methyl sites for hydroxylation is 1. The zero-order chi connectivity index (χ0) is 12.5. The van der Waals surface area contributed by atoms with E-state index in [9.17, 15) is 4.79 Å². The van der Waals surface area contributed by atoms with Crippen molar-refractivity contribution in [2.45, 2.75) is 33.1 Å². The molecule has 1 fully saturated rings. The first-order chi connectivity index (χ1) is 8.06. The Hall–Kier alpha value is -0.830. The van der Waals surface area contributed by atoms with Crippen molar-refractivity contribution in [3.05, 3.63) is 33.8 Å². The molecule has 0 atom stereocenters. The van der Waals surface area contributed by atoms with Crippen LogP contribution in [-0.2, 0) is 0 Å². The van der Waals surface area contributed by atoms with Crippen LogP contribution in [0.5, 0.6) is 0 Å². The number of carbonyl (C=O) groups excluding carboxylic acids is 1. The molecule has 0 unspecified atom stereocenters. The number of benzene rings is 1.